The molecule has 1 aromatic carbocycles. The number of carbonyl (C=O) groups is 1. The first kappa shape index (κ1) is 11.8. The first-order valence-corrected chi connectivity index (χ1v) is 5.65. The minimum absolute atomic E-state index is 0.405. The monoisotopic (exact) mass is 205 g/mol. The zero-order chi connectivity index (χ0) is 11.1. The third kappa shape index (κ3) is 3.08. The van der Waals surface area contributed by atoms with Gasteiger partial charge in [0.25, 0.3) is 0 Å². The molecule has 1 N–H and O–H groups in total. The van der Waals surface area contributed by atoms with E-state index in [0.29, 0.717) is 12.0 Å². The number of rotatable bonds is 3. The van der Waals surface area contributed by atoms with E-state index >= 15 is 0 Å². The molecule has 2 rings (SSSR count). The molecule has 0 saturated heterocycles. The maximum Gasteiger partial charge on any atom is 0.207 e. The third-order valence-electron chi connectivity index (χ3n) is 2.71. The molecule has 1 fully saturated rings. The van der Waals surface area contributed by atoms with Crippen LogP contribution < -0.4 is 5.32 Å². The lowest BCUT2D eigenvalue weighted by Crippen LogP contribution is -2.39. The predicted molar refractivity (Wildman–Crippen MR) is 62.8 cm³/mol. The van der Waals surface area contributed by atoms with Crippen LogP contribution in [0.15, 0.2) is 30.3 Å². The lowest BCUT2D eigenvalue weighted by Gasteiger charge is -2.35. The van der Waals surface area contributed by atoms with Gasteiger partial charge in [0.2, 0.25) is 6.41 Å². The molecule has 2 nitrogen and oxygen atoms in total. The Hall–Kier alpha value is -1.31. The largest absolute Gasteiger partial charge is 0.356 e. The van der Waals surface area contributed by atoms with Crippen LogP contribution in [0.3, 0.4) is 0 Å². The number of hydrogen-bond acceptors (Lipinski definition) is 1. The van der Waals surface area contributed by atoms with Gasteiger partial charge in [0.05, 0.1) is 0 Å². The lowest BCUT2D eigenvalue weighted by molar-refractivity contribution is -0.110. The van der Waals surface area contributed by atoms with Crippen molar-refractivity contribution >= 4 is 6.41 Å². The summed E-state index contributed by atoms with van der Waals surface area (Å²) in [6.45, 7) is 4.00. The van der Waals surface area contributed by atoms with Crippen molar-refractivity contribution in [1.82, 2.24) is 5.32 Å². The van der Waals surface area contributed by atoms with Gasteiger partial charge in [-0.1, -0.05) is 44.2 Å². The molecule has 0 aromatic heterocycles. The second-order valence-corrected chi connectivity index (χ2v) is 3.56. The van der Waals surface area contributed by atoms with Crippen molar-refractivity contribution in [3.63, 3.8) is 0 Å². The average molecular weight is 205 g/mol. The Morgan fingerprint density at radius 1 is 1.20 bits per heavy atom. The Morgan fingerprint density at radius 3 is 2.33 bits per heavy atom. The van der Waals surface area contributed by atoms with Gasteiger partial charge in [0, 0.05) is 6.04 Å². The minimum atomic E-state index is 0.405. The fourth-order valence-electron chi connectivity index (χ4n) is 1.85. The van der Waals surface area contributed by atoms with Crippen molar-refractivity contribution < 1.29 is 4.79 Å². The highest BCUT2D eigenvalue weighted by Crippen LogP contribution is 2.36. The van der Waals surface area contributed by atoms with Crippen LogP contribution >= 0.6 is 0 Å². The van der Waals surface area contributed by atoms with Gasteiger partial charge in [-0.3, -0.25) is 4.79 Å². The van der Waals surface area contributed by atoms with E-state index in [1.807, 2.05) is 19.9 Å². The first-order valence-electron chi connectivity index (χ1n) is 5.65. The van der Waals surface area contributed by atoms with Crippen LogP contribution in [0.25, 0.3) is 0 Å². The zero-order valence-corrected chi connectivity index (χ0v) is 9.44. The van der Waals surface area contributed by atoms with E-state index in [2.05, 4.69) is 29.6 Å². The molecule has 1 saturated carbocycles. The summed E-state index contributed by atoms with van der Waals surface area (Å²) >= 11 is 0. The molecular weight excluding hydrogens is 186 g/mol. The summed E-state index contributed by atoms with van der Waals surface area (Å²) < 4.78 is 0. The molecule has 1 aliphatic rings. The van der Waals surface area contributed by atoms with Gasteiger partial charge in [0.1, 0.15) is 0 Å². The molecule has 0 aliphatic heterocycles. The highest BCUT2D eigenvalue weighted by atomic mass is 16.1. The van der Waals surface area contributed by atoms with Gasteiger partial charge in [0.15, 0.2) is 0 Å². The Labute approximate surface area is 91.7 Å². The van der Waals surface area contributed by atoms with Gasteiger partial charge in [-0.15, -0.1) is 0 Å². The summed E-state index contributed by atoms with van der Waals surface area (Å²) in [5.41, 5.74) is 1.39. The average Bonchev–Trinajstić information content (AvgIpc) is 2.27. The topological polar surface area (TPSA) is 29.1 Å². The van der Waals surface area contributed by atoms with Gasteiger partial charge >= 0.3 is 0 Å². The second kappa shape index (κ2) is 6.23. The number of carbonyl (C=O) groups excluding carboxylic acids is 1. The Balaban J connectivity index is 0.000000531. The van der Waals surface area contributed by atoms with E-state index in [1.54, 1.807) is 0 Å². The smallest absolute Gasteiger partial charge is 0.207 e. The van der Waals surface area contributed by atoms with E-state index in [4.69, 9.17) is 0 Å². The van der Waals surface area contributed by atoms with Gasteiger partial charge in [-0.05, 0) is 24.3 Å². The second-order valence-electron chi connectivity index (χ2n) is 3.56. The molecule has 0 spiro atoms. The zero-order valence-electron chi connectivity index (χ0n) is 9.44. The molecule has 0 radical (unpaired) electrons. The lowest BCUT2D eigenvalue weighted by atomic mass is 9.76. The molecule has 0 bridgehead atoms. The summed E-state index contributed by atoms with van der Waals surface area (Å²) in [5.74, 6) is 0.652. The predicted octanol–water partition coefficient (Wildman–Crippen LogP) is 2.70. The summed E-state index contributed by atoms with van der Waals surface area (Å²) in [5, 5.41) is 2.80. The van der Waals surface area contributed by atoms with Crippen LogP contribution in [-0.4, -0.2) is 12.5 Å². The van der Waals surface area contributed by atoms with Crippen LogP contribution in [0.5, 0.6) is 0 Å². The number of nitrogens with one attached hydrogen (secondary N) is 1. The Bertz CT molecular complexity index is 278. The Morgan fingerprint density at radius 2 is 1.80 bits per heavy atom. The van der Waals surface area contributed by atoms with Crippen LogP contribution in [0, 0.1) is 0 Å². The SMILES string of the molecule is CC.O=CNC1CC(c2ccccc2)C1. The van der Waals surface area contributed by atoms with Crippen molar-refractivity contribution in [1.29, 1.82) is 0 Å². The Kier molecular flexibility index (Phi) is 4.88. The maximum absolute atomic E-state index is 10.1. The molecule has 0 heterocycles. The van der Waals surface area contributed by atoms with Crippen LogP contribution in [-0.2, 0) is 4.79 Å². The summed E-state index contributed by atoms with van der Waals surface area (Å²) in [7, 11) is 0. The fourth-order valence-corrected chi connectivity index (χ4v) is 1.85. The molecular formula is C13H19NO. The van der Waals surface area contributed by atoms with Gasteiger partial charge in [-0.25, -0.2) is 0 Å². The van der Waals surface area contributed by atoms with Crippen molar-refractivity contribution in [2.75, 3.05) is 0 Å². The summed E-state index contributed by atoms with van der Waals surface area (Å²) in [6.07, 6.45) is 2.97. The standard InChI is InChI=1S/C11H13NO.C2H6/c13-8-12-11-6-10(7-11)9-4-2-1-3-5-9;1-2/h1-5,8,10-11H,6-7H2,(H,12,13);1-2H3. The van der Waals surface area contributed by atoms with E-state index in [9.17, 15) is 4.79 Å². The van der Waals surface area contributed by atoms with Crippen LogP contribution in [0.4, 0.5) is 0 Å². The van der Waals surface area contributed by atoms with E-state index < -0.39 is 0 Å². The quantitative estimate of drug-likeness (QED) is 0.755. The van der Waals surface area contributed by atoms with Crippen LogP contribution in [0.2, 0.25) is 0 Å². The molecule has 1 amide bonds. The molecule has 1 aromatic rings. The van der Waals surface area contributed by atoms with E-state index in [0.717, 1.165) is 19.3 Å². The molecule has 2 heteroatoms. The first-order chi connectivity index (χ1) is 7.40. The molecule has 1 aliphatic carbocycles. The van der Waals surface area contributed by atoms with Gasteiger partial charge in [-0.2, -0.15) is 0 Å². The van der Waals surface area contributed by atoms with Crippen molar-refractivity contribution in [3.8, 4) is 0 Å². The molecule has 0 unspecified atom stereocenters. The van der Waals surface area contributed by atoms with E-state index in [1.165, 1.54) is 5.56 Å². The highest BCUT2D eigenvalue weighted by Gasteiger charge is 2.29. The molecule has 82 valence electrons. The number of benzene rings is 1. The third-order valence-corrected chi connectivity index (χ3v) is 2.71. The summed E-state index contributed by atoms with van der Waals surface area (Å²) in [6, 6.07) is 10.9. The van der Waals surface area contributed by atoms with Crippen molar-refractivity contribution in [2.45, 2.75) is 38.6 Å². The normalized spacial score (nSPS) is 23.1. The van der Waals surface area contributed by atoms with Crippen molar-refractivity contribution in [3.05, 3.63) is 35.9 Å². The molecule has 15 heavy (non-hydrogen) atoms. The highest BCUT2D eigenvalue weighted by molar-refractivity contribution is 5.47. The van der Waals surface area contributed by atoms with Gasteiger partial charge < -0.3 is 5.32 Å². The maximum atomic E-state index is 10.1. The minimum Gasteiger partial charge on any atom is -0.356 e. The number of hydrogen-bond donors (Lipinski definition) is 1. The molecule has 0 atom stereocenters. The fraction of sp³-hybridized carbons (Fsp3) is 0.462. The van der Waals surface area contributed by atoms with Crippen LogP contribution in [0.1, 0.15) is 38.2 Å². The van der Waals surface area contributed by atoms with E-state index in [-0.39, 0.29) is 0 Å². The number of amides is 1. The summed E-state index contributed by atoms with van der Waals surface area (Å²) in [4.78, 5) is 10.1. The van der Waals surface area contributed by atoms with Crippen molar-refractivity contribution in [2.24, 2.45) is 0 Å².